The zero-order chi connectivity index (χ0) is 5.98. The van der Waals surface area contributed by atoms with Gasteiger partial charge in [0, 0.05) is 0 Å². The van der Waals surface area contributed by atoms with Crippen LogP contribution in [0.15, 0.2) is 11.8 Å². The summed E-state index contributed by atoms with van der Waals surface area (Å²) in [6, 6.07) is -0.225. The lowest BCUT2D eigenvalue weighted by Gasteiger charge is -2.04. The summed E-state index contributed by atoms with van der Waals surface area (Å²) in [7, 11) is 5.32. The van der Waals surface area contributed by atoms with Crippen LogP contribution < -0.4 is 0 Å². The molecular weight excluding hydrogens is 103 g/mol. The summed E-state index contributed by atoms with van der Waals surface area (Å²) in [5, 5.41) is 8.43. The third-order valence-corrected chi connectivity index (χ3v) is 1.04. The second-order valence-electron chi connectivity index (χ2n) is 1.72. The fourth-order valence-corrected chi connectivity index (χ4v) is 0.640. The second-order valence-corrected chi connectivity index (χ2v) is 1.72. The van der Waals surface area contributed by atoms with Crippen LogP contribution in [0.4, 0.5) is 0 Å². The highest BCUT2D eigenvalue weighted by Gasteiger charge is 2.10. The van der Waals surface area contributed by atoms with E-state index in [1.807, 2.05) is 0 Å². The van der Waals surface area contributed by atoms with Gasteiger partial charge in [-0.15, -0.1) is 0 Å². The topological polar surface area (TPSA) is 29.5 Å². The van der Waals surface area contributed by atoms with Crippen LogP contribution in [0.1, 0.15) is 6.42 Å². The van der Waals surface area contributed by atoms with Crippen molar-refractivity contribution in [3.8, 4) is 0 Å². The molecule has 42 valence electrons. The predicted octanol–water partition coefficient (Wildman–Crippen LogP) is -0.223. The fraction of sp³-hybridized carbons (Fsp3) is 0.600. The summed E-state index contributed by atoms with van der Waals surface area (Å²) < 4.78 is 4.90. The maximum absolute atomic E-state index is 8.43. The Kier molecular flexibility index (Phi) is 1.58. The lowest BCUT2D eigenvalue weighted by Crippen LogP contribution is -2.05. The Bertz CT molecular complexity index is 111. The number of hydrogen-bond donors (Lipinski definition) is 1. The molecule has 0 aliphatic carbocycles. The van der Waals surface area contributed by atoms with Crippen molar-refractivity contribution in [1.82, 2.24) is 0 Å². The maximum Gasteiger partial charge on any atom is 0.127 e. The highest BCUT2D eigenvalue weighted by atomic mass is 16.5. The van der Waals surface area contributed by atoms with E-state index in [1.165, 1.54) is 0 Å². The third-order valence-electron chi connectivity index (χ3n) is 1.04. The standard InChI is InChI=1S/C5H7BO2/c6-5-2-1-4(3-7)8-5/h1,5,7H,2-3H2/t5-/m1/s1. The molecule has 0 unspecified atom stereocenters. The number of aliphatic hydroxyl groups is 1. The molecule has 0 amide bonds. The molecule has 0 spiro atoms. The fourth-order valence-electron chi connectivity index (χ4n) is 0.640. The van der Waals surface area contributed by atoms with Gasteiger partial charge in [0.05, 0.1) is 6.00 Å². The van der Waals surface area contributed by atoms with Crippen LogP contribution in [-0.2, 0) is 4.74 Å². The molecular formula is C5H7BO2. The zero-order valence-electron chi connectivity index (χ0n) is 4.50. The molecule has 8 heavy (non-hydrogen) atoms. The van der Waals surface area contributed by atoms with E-state index in [0.717, 1.165) is 6.42 Å². The van der Waals surface area contributed by atoms with Crippen molar-refractivity contribution in [1.29, 1.82) is 0 Å². The van der Waals surface area contributed by atoms with Crippen molar-refractivity contribution in [2.45, 2.75) is 12.4 Å². The molecule has 2 radical (unpaired) electrons. The Morgan fingerprint density at radius 2 is 2.75 bits per heavy atom. The zero-order valence-corrected chi connectivity index (χ0v) is 4.50. The number of ether oxygens (including phenoxy) is 1. The number of aliphatic hydroxyl groups excluding tert-OH is 1. The van der Waals surface area contributed by atoms with Crippen LogP contribution in [0, 0.1) is 0 Å². The van der Waals surface area contributed by atoms with Crippen LogP contribution in [-0.4, -0.2) is 25.6 Å². The summed E-state index contributed by atoms with van der Waals surface area (Å²) in [5.74, 6) is 0.595. The van der Waals surface area contributed by atoms with Gasteiger partial charge in [0.15, 0.2) is 0 Å². The summed E-state index contributed by atoms with van der Waals surface area (Å²) in [5.41, 5.74) is 0. The smallest absolute Gasteiger partial charge is 0.127 e. The first kappa shape index (κ1) is 5.70. The lowest BCUT2D eigenvalue weighted by atomic mass is 9.98. The van der Waals surface area contributed by atoms with Gasteiger partial charge >= 0.3 is 0 Å². The van der Waals surface area contributed by atoms with Crippen LogP contribution in [0.5, 0.6) is 0 Å². The molecule has 0 fully saturated rings. The highest BCUT2D eigenvalue weighted by molar-refractivity contribution is 6.11. The molecule has 1 heterocycles. The summed E-state index contributed by atoms with van der Waals surface area (Å²) >= 11 is 0. The van der Waals surface area contributed by atoms with E-state index in [-0.39, 0.29) is 12.6 Å². The van der Waals surface area contributed by atoms with E-state index in [1.54, 1.807) is 6.08 Å². The Labute approximate surface area is 49.6 Å². The van der Waals surface area contributed by atoms with Crippen molar-refractivity contribution in [3.05, 3.63) is 11.8 Å². The molecule has 3 heteroatoms. The highest BCUT2D eigenvalue weighted by Crippen LogP contribution is 2.12. The Hall–Kier alpha value is -0.435. The molecule has 0 bridgehead atoms. The molecule has 1 aliphatic heterocycles. The second kappa shape index (κ2) is 2.22. The van der Waals surface area contributed by atoms with Crippen molar-refractivity contribution in [2.24, 2.45) is 0 Å². The van der Waals surface area contributed by atoms with Gasteiger partial charge in [0.1, 0.15) is 20.2 Å². The van der Waals surface area contributed by atoms with E-state index >= 15 is 0 Å². The van der Waals surface area contributed by atoms with E-state index in [4.69, 9.17) is 17.7 Å². The van der Waals surface area contributed by atoms with E-state index in [2.05, 4.69) is 0 Å². The van der Waals surface area contributed by atoms with Crippen molar-refractivity contribution in [2.75, 3.05) is 6.61 Å². The first-order valence-electron chi connectivity index (χ1n) is 2.55. The van der Waals surface area contributed by atoms with Crippen LogP contribution in [0.2, 0.25) is 0 Å². The van der Waals surface area contributed by atoms with Gasteiger partial charge in [-0.05, 0) is 12.5 Å². The molecule has 2 nitrogen and oxygen atoms in total. The largest absolute Gasteiger partial charge is 0.502 e. The normalized spacial score (nSPS) is 27.1. The maximum atomic E-state index is 8.43. The Morgan fingerprint density at radius 1 is 2.00 bits per heavy atom. The molecule has 0 saturated carbocycles. The van der Waals surface area contributed by atoms with Crippen LogP contribution in [0.3, 0.4) is 0 Å². The van der Waals surface area contributed by atoms with Crippen molar-refractivity contribution >= 4 is 7.85 Å². The summed E-state index contributed by atoms with van der Waals surface area (Å²) in [4.78, 5) is 0. The minimum Gasteiger partial charge on any atom is -0.502 e. The van der Waals surface area contributed by atoms with Crippen molar-refractivity contribution < 1.29 is 9.84 Å². The molecule has 0 aromatic carbocycles. The van der Waals surface area contributed by atoms with Crippen LogP contribution in [0.25, 0.3) is 0 Å². The summed E-state index contributed by atoms with van der Waals surface area (Å²) in [6.07, 6.45) is 2.51. The summed E-state index contributed by atoms with van der Waals surface area (Å²) in [6.45, 7) is -0.0340. The van der Waals surface area contributed by atoms with Crippen molar-refractivity contribution in [3.63, 3.8) is 0 Å². The van der Waals surface area contributed by atoms with Gasteiger partial charge in [-0.2, -0.15) is 0 Å². The molecule has 0 aromatic rings. The molecule has 0 aromatic heterocycles. The molecule has 1 N–H and O–H groups in total. The third kappa shape index (κ3) is 1.04. The van der Waals surface area contributed by atoms with E-state index < -0.39 is 0 Å². The predicted molar refractivity (Wildman–Crippen MR) is 30.4 cm³/mol. The molecule has 1 aliphatic rings. The van der Waals surface area contributed by atoms with E-state index in [9.17, 15) is 0 Å². The van der Waals surface area contributed by atoms with Gasteiger partial charge in [-0.1, -0.05) is 0 Å². The first-order valence-corrected chi connectivity index (χ1v) is 2.55. The van der Waals surface area contributed by atoms with Gasteiger partial charge < -0.3 is 9.84 Å². The first-order chi connectivity index (χ1) is 3.83. The monoisotopic (exact) mass is 110 g/mol. The molecule has 0 saturated heterocycles. The van der Waals surface area contributed by atoms with E-state index in [0.29, 0.717) is 5.76 Å². The van der Waals surface area contributed by atoms with Crippen LogP contribution >= 0.6 is 0 Å². The van der Waals surface area contributed by atoms with Gasteiger partial charge in [-0.3, -0.25) is 0 Å². The quantitative estimate of drug-likeness (QED) is 0.472. The number of hydrogen-bond acceptors (Lipinski definition) is 2. The Balaban J connectivity index is 2.37. The van der Waals surface area contributed by atoms with Gasteiger partial charge in [0.2, 0.25) is 0 Å². The minimum atomic E-state index is -0.225. The Morgan fingerprint density at radius 3 is 3.00 bits per heavy atom. The molecule has 1 atom stereocenters. The minimum absolute atomic E-state index is 0.0340. The van der Waals surface area contributed by atoms with Gasteiger partial charge in [-0.25, -0.2) is 0 Å². The van der Waals surface area contributed by atoms with Gasteiger partial charge in [0.25, 0.3) is 0 Å². The SMILES string of the molecule is [B][C@H]1CC=C(CO)O1. The average molecular weight is 110 g/mol. The number of rotatable bonds is 1. The lowest BCUT2D eigenvalue weighted by molar-refractivity contribution is 0.162. The molecule has 1 rings (SSSR count). The average Bonchev–Trinajstić information content (AvgIpc) is 2.14.